The quantitative estimate of drug-likeness (QED) is 0.231. The monoisotopic (exact) mass is 467 g/mol. The summed E-state index contributed by atoms with van der Waals surface area (Å²) in [5, 5.41) is 2.37. The molecule has 0 atom stereocenters. The molecule has 0 bridgehead atoms. The van der Waals surface area contributed by atoms with Gasteiger partial charge in [-0.3, -0.25) is 9.69 Å². The zero-order valence-corrected chi connectivity index (χ0v) is 19.7. The molecule has 0 radical (unpaired) electrons. The van der Waals surface area contributed by atoms with Gasteiger partial charge in [0, 0.05) is 5.56 Å². The summed E-state index contributed by atoms with van der Waals surface area (Å²) < 4.78 is 6.79. The number of aryl methyl sites for hydroxylation is 1. The molecule has 4 aromatic rings. The van der Waals surface area contributed by atoms with Crippen molar-refractivity contribution in [3.63, 3.8) is 0 Å². The number of amides is 1. The first-order valence-electron chi connectivity index (χ1n) is 10.6. The van der Waals surface area contributed by atoms with Crippen LogP contribution >= 0.6 is 24.0 Å². The second-order valence-corrected chi connectivity index (χ2v) is 9.50. The molecule has 1 saturated heterocycles. The topological polar surface area (TPSA) is 29.5 Å². The molecule has 3 nitrogen and oxygen atoms in total. The lowest BCUT2D eigenvalue weighted by atomic mass is 10.1. The maximum Gasteiger partial charge on any atom is 0.270 e. The molecule has 5 heteroatoms. The summed E-state index contributed by atoms with van der Waals surface area (Å²) in [6.45, 7) is 2.47. The molecule has 1 fully saturated rings. The van der Waals surface area contributed by atoms with Gasteiger partial charge in [-0.2, -0.15) is 0 Å². The van der Waals surface area contributed by atoms with Crippen LogP contribution in [0.4, 0.5) is 5.69 Å². The van der Waals surface area contributed by atoms with Crippen LogP contribution in [0.25, 0.3) is 16.8 Å². The molecule has 162 valence electrons. The number of carbonyl (C=O) groups is 1. The van der Waals surface area contributed by atoms with Gasteiger partial charge in [-0.15, -0.1) is 0 Å². The predicted octanol–water partition coefficient (Wildman–Crippen LogP) is 7.13. The Hall–Kier alpha value is -3.41. The van der Waals surface area contributed by atoms with E-state index in [4.69, 9.17) is 17.0 Å². The van der Waals surface area contributed by atoms with Crippen molar-refractivity contribution in [2.24, 2.45) is 0 Å². The molecule has 33 heavy (non-hydrogen) atoms. The first-order valence-corrected chi connectivity index (χ1v) is 11.9. The van der Waals surface area contributed by atoms with Crippen LogP contribution in [0.3, 0.4) is 0 Å². The number of para-hydroxylation sites is 1. The van der Waals surface area contributed by atoms with Gasteiger partial charge in [0.05, 0.1) is 10.6 Å². The summed E-state index contributed by atoms with van der Waals surface area (Å²) in [5.74, 6) is 0.622. The van der Waals surface area contributed by atoms with E-state index in [-0.39, 0.29) is 5.91 Å². The first kappa shape index (κ1) is 21.4. The van der Waals surface area contributed by atoms with Gasteiger partial charge in [-0.1, -0.05) is 96.3 Å². The van der Waals surface area contributed by atoms with E-state index in [2.05, 4.69) is 24.3 Å². The number of fused-ring (bicyclic) bond motifs is 1. The lowest BCUT2D eigenvalue weighted by Gasteiger charge is -2.14. The number of nitrogens with zero attached hydrogens (tertiary/aromatic N) is 1. The minimum absolute atomic E-state index is 0.113. The minimum Gasteiger partial charge on any atom is -0.488 e. The Bertz CT molecular complexity index is 1390. The molecule has 0 saturated carbocycles. The third kappa shape index (κ3) is 4.42. The van der Waals surface area contributed by atoms with Crippen LogP contribution in [0, 0.1) is 6.92 Å². The molecule has 0 unspecified atom stereocenters. The van der Waals surface area contributed by atoms with Crippen molar-refractivity contribution in [2.75, 3.05) is 4.90 Å². The second-order valence-electron chi connectivity index (χ2n) is 7.82. The molecule has 1 aliphatic heterocycles. The third-order valence-corrected chi connectivity index (χ3v) is 6.83. The van der Waals surface area contributed by atoms with Crippen molar-refractivity contribution in [2.45, 2.75) is 13.5 Å². The molecule has 1 amide bonds. The molecule has 4 aromatic carbocycles. The van der Waals surface area contributed by atoms with Crippen LogP contribution in [-0.2, 0) is 11.4 Å². The lowest BCUT2D eigenvalue weighted by molar-refractivity contribution is -0.113. The maximum atomic E-state index is 13.2. The Morgan fingerprint density at radius 1 is 0.939 bits per heavy atom. The number of carbonyl (C=O) groups excluding carboxylic acids is 1. The lowest BCUT2D eigenvalue weighted by Crippen LogP contribution is -2.27. The summed E-state index contributed by atoms with van der Waals surface area (Å²) in [4.78, 5) is 15.3. The Morgan fingerprint density at radius 3 is 2.55 bits per heavy atom. The number of anilines is 1. The second kappa shape index (κ2) is 9.22. The molecule has 0 N–H and O–H groups in total. The fraction of sp³-hybridized carbons (Fsp3) is 0.0714. The summed E-state index contributed by atoms with van der Waals surface area (Å²) in [5.41, 5.74) is 3.86. The largest absolute Gasteiger partial charge is 0.488 e. The molecular weight excluding hydrogens is 446 g/mol. The van der Waals surface area contributed by atoms with Gasteiger partial charge in [0.1, 0.15) is 12.4 Å². The Labute approximate surface area is 202 Å². The SMILES string of the molecule is Cc1ccc(OCc2cccc3ccccc23)c(C=C2SC(=S)N(c3ccccc3)C2=O)c1. The van der Waals surface area contributed by atoms with Crippen LogP contribution in [0.5, 0.6) is 5.75 Å². The average molecular weight is 468 g/mol. The van der Waals surface area contributed by atoms with Gasteiger partial charge in [0.15, 0.2) is 4.32 Å². The molecule has 1 heterocycles. The first-order chi connectivity index (χ1) is 16.1. The summed E-state index contributed by atoms with van der Waals surface area (Å²) in [6, 6.07) is 30.0. The summed E-state index contributed by atoms with van der Waals surface area (Å²) >= 11 is 6.82. The van der Waals surface area contributed by atoms with Gasteiger partial charge in [-0.05, 0) is 53.6 Å². The molecule has 5 rings (SSSR count). The number of rotatable bonds is 5. The maximum absolute atomic E-state index is 13.2. The highest BCUT2D eigenvalue weighted by Crippen LogP contribution is 2.37. The number of hydrogen-bond donors (Lipinski definition) is 0. The third-order valence-electron chi connectivity index (χ3n) is 5.52. The highest BCUT2D eigenvalue weighted by Gasteiger charge is 2.33. The van der Waals surface area contributed by atoms with Gasteiger partial charge in [0.25, 0.3) is 5.91 Å². The van der Waals surface area contributed by atoms with Crippen LogP contribution in [0.1, 0.15) is 16.7 Å². The van der Waals surface area contributed by atoms with Crippen molar-refractivity contribution in [3.8, 4) is 5.75 Å². The zero-order chi connectivity index (χ0) is 22.8. The van der Waals surface area contributed by atoms with Gasteiger partial charge < -0.3 is 4.74 Å². The zero-order valence-electron chi connectivity index (χ0n) is 18.0. The number of hydrogen-bond acceptors (Lipinski definition) is 4. The number of ether oxygens (including phenoxy) is 1. The molecule has 0 aliphatic carbocycles. The van der Waals surface area contributed by atoms with Gasteiger partial charge in [-0.25, -0.2) is 0 Å². The van der Waals surface area contributed by atoms with Crippen molar-refractivity contribution >= 4 is 56.7 Å². The molecule has 1 aliphatic rings. The normalized spacial score (nSPS) is 14.9. The Morgan fingerprint density at radius 2 is 1.70 bits per heavy atom. The van der Waals surface area contributed by atoms with E-state index < -0.39 is 0 Å². The number of benzene rings is 4. The Balaban J connectivity index is 1.44. The van der Waals surface area contributed by atoms with Gasteiger partial charge in [0.2, 0.25) is 0 Å². The van der Waals surface area contributed by atoms with Crippen molar-refractivity contribution in [3.05, 3.63) is 113 Å². The van der Waals surface area contributed by atoms with E-state index in [9.17, 15) is 4.79 Å². The van der Waals surface area contributed by atoms with Crippen LogP contribution in [0.15, 0.2) is 95.9 Å². The smallest absolute Gasteiger partial charge is 0.270 e. The summed E-state index contributed by atoms with van der Waals surface area (Å²) in [7, 11) is 0. The number of thioether (sulfide) groups is 1. The van der Waals surface area contributed by atoms with E-state index in [0.29, 0.717) is 15.8 Å². The van der Waals surface area contributed by atoms with E-state index in [0.717, 1.165) is 28.1 Å². The van der Waals surface area contributed by atoms with Gasteiger partial charge >= 0.3 is 0 Å². The predicted molar refractivity (Wildman–Crippen MR) is 142 cm³/mol. The van der Waals surface area contributed by atoms with Crippen molar-refractivity contribution < 1.29 is 9.53 Å². The highest BCUT2D eigenvalue weighted by molar-refractivity contribution is 8.27. The van der Waals surface area contributed by atoms with Crippen LogP contribution in [-0.4, -0.2) is 10.2 Å². The highest BCUT2D eigenvalue weighted by atomic mass is 32.2. The minimum atomic E-state index is -0.113. The Kier molecular flexibility index (Phi) is 5.99. The van der Waals surface area contributed by atoms with Crippen molar-refractivity contribution in [1.82, 2.24) is 0 Å². The fourth-order valence-corrected chi connectivity index (χ4v) is 5.18. The fourth-order valence-electron chi connectivity index (χ4n) is 3.89. The molecular formula is C28H21NO2S2. The van der Waals surface area contributed by atoms with E-state index in [1.165, 1.54) is 22.5 Å². The van der Waals surface area contributed by atoms with Crippen LogP contribution < -0.4 is 9.64 Å². The standard InChI is InChI=1S/C28H21NO2S2/c1-19-14-15-25(31-18-21-10-7-9-20-8-5-6-13-24(20)21)22(16-19)17-26-27(30)29(28(32)33-26)23-11-3-2-4-12-23/h2-17H,18H2,1H3. The number of thiocarbonyl (C=S) groups is 1. The van der Waals surface area contributed by atoms with E-state index >= 15 is 0 Å². The summed E-state index contributed by atoms with van der Waals surface area (Å²) in [6.07, 6.45) is 1.88. The molecule has 0 spiro atoms. The van der Waals surface area contributed by atoms with Crippen LogP contribution in [0.2, 0.25) is 0 Å². The molecule has 0 aromatic heterocycles. The van der Waals surface area contributed by atoms with Crippen molar-refractivity contribution in [1.29, 1.82) is 0 Å². The van der Waals surface area contributed by atoms with E-state index in [1.54, 1.807) is 4.90 Å². The van der Waals surface area contributed by atoms with E-state index in [1.807, 2.05) is 79.7 Å². The average Bonchev–Trinajstić information content (AvgIpc) is 3.11.